The lowest BCUT2D eigenvalue weighted by molar-refractivity contribution is -0.305. The Hall–Kier alpha value is -1.82. The summed E-state index contributed by atoms with van der Waals surface area (Å²) in [7, 11) is 0. The minimum Gasteiger partial charge on any atom is -0.462 e. The Morgan fingerprint density at radius 1 is 0.526 bits per heavy atom. The summed E-state index contributed by atoms with van der Waals surface area (Å²) >= 11 is 0. The van der Waals surface area contributed by atoms with Crippen LogP contribution >= 0.6 is 0 Å². The van der Waals surface area contributed by atoms with Crippen LogP contribution in [-0.4, -0.2) is 89.0 Å². The molecule has 0 aromatic rings. The smallest absolute Gasteiger partial charge is 0.306 e. The molecule has 4 N–H and O–H groups in total. The Kier molecular flexibility index (Phi) is 35.8. The first-order valence-corrected chi connectivity index (χ1v) is 23.4. The summed E-state index contributed by atoms with van der Waals surface area (Å²) in [5.41, 5.74) is 0. The standard InChI is InChI=1S/C47H86O10/c1-3-5-7-9-11-13-15-17-19-20-22-23-25-27-29-31-33-35-42(49)54-38-40(39-55-47-46(53)45(52)44(51)41(37-48)57-47)56-43(50)36-34-32-30-28-26-24-21-18-16-14-12-10-8-6-4-2/h13-16,40-41,44-48,51-53H,3-12,17-39H2,1-2H3/b15-13+,16-14+/t40-,41-,44+,45?,46?,47-/m0/s1. The Balaban J connectivity index is 2.30. The number of hydrogen-bond acceptors (Lipinski definition) is 10. The van der Waals surface area contributed by atoms with E-state index in [1.54, 1.807) is 0 Å². The van der Waals surface area contributed by atoms with Crippen molar-refractivity contribution in [2.75, 3.05) is 19.8 Å². The van der Waals surface area contributed by atoms with Crippen molar-refractivity contribution in [3.63, 3.8) is 0 Å². The maximum atomic E-state index is 12.8. The zero-order valence-corrected chi connectivity index (χ0v) is 36.3. The van der Waals surface area contributed by atoms with Gasteiger partial charge in [-0.25, -0.2) is 0 Å². The lowest BCUT2D eigenvalue weighted by atomic mass is 9.99. The van der Waals surface area contributed by atoms with Gasteiger partial charge in [-0.1, -0.05) is 154 Å². The topological polar surface area (TPSA) is 152 Å². The predicted molar refractivity (Wildman–Crippen MR) is 229 cm³/mol. The van der Waals surface area contributed by atoms with Crippen molar-refractivity contribution in [1.82, 2.24) is 0 Å². The van der Waals surface area contributed by atoms with Crippen molar-refractivity contribution < 1.29 is 49.0 Å². The number of allylic oxidation sites excluding steroid dienone is 4. The summed E-state index contributed by atoms with van der Waals surface area (Å²) in [5, 5.41) is 40.1. The lowest BCUT2D eigenvalue weighted by Crippen LogP contribution is -2.59. The van der Waals surface area contributed by atoms with Crippen LogP contribution in [0.5, 0.6) is 0 Å². The summed E-state index contributed by atoms with van der Waals surface area (Å²) in [6.07, 6.45) is 34.6. The second-order valence-corrected chi connectivity index (χ2v) is 16.2. The van der Waals surface area contributed by atoms with Gasteiger partial charge in [0.15, 0.2) is 12.4 Å². The molecule has 1 heterocycles. The summed E-state index contributed by atoms with van der Waals surface area (Å²) in [5.74, 6) is -0.808. The van der Waals surface area contributed by atoms with Gasteiger partial charge in [-0.05, 0) is 64.2 Å². The summed E-state index contributed by atoms with van der Waals surface area (Å²) in [6, 6.07) is 0. The van der Waals surface area contributed by atoms with Crippen molar-refractivity contribution in [3.8, 4) is 0 Å². The molecule has 1 saturated heterocycles. The number of esters is 2. The first-order chi connectivity index (χ1) is 27.8. The molecule has 1 rings (SSSR count). The molecule has 0 spiro atoms. The van der Waals surface area contributed by atoms with E-state index in [0.29, 0.717) is 6.42 Å². The Morgan fingerprint density at radius 2 is 0.930 bits per heavy atom. The van der Waals surface area contributed by atoms with Crippen molar-refractivity contribution in [1.29, 1.82) is 0 Å². The molecule has 334 valence electrons. The van der Waals surface area contributed by atoms with Crippen LogP contribution < -0.4 is 0 Å². The van der Waals surface area contributed by atoms with E-state index in [-0.39, 0.29) is 32.0 Å². The lowest BCUT2D eigenvalue weighted by Gasteiger charge is -2.39. The third-order valence-corrected chi connectivity index (χ3v) is 10.8. The Labute approximate surface area is 347 Å². The van der Waals surface area contributed by atoms with Crippen molar-refractivity contribution >= 4 is 11.9 Å². The number of carbonyl (C=O) groups excluding carboxylic acids is 2. The van der Waals surface area contributed by atoms with E-state index in [0.717, 1.165) is 51.4 Å². The van der Waals surface area contributed by atoms with Crippen molar-refractivity contribution in [2.45, 2.75) is 243 Å². The molecule has 0 radical (unpaired) electrons. The minimum absolute atomic E-state index is 0.217. The van der Waals surface area contributed by atoms with Crippen LogP contribution in [0.25, 0.3) is 0 Å². The molecule has 0 bridgehead atoms. The average Bonchev–Trinajstić information content (AvgIpc) is 3.21. The molecule has 1 fully saturated rings. The third kappa shape index (κ3) is 30.0. The fourth-order valence-corrected chi connectivity index (χ4v) is 7.06. The second kappa shape index (κ2) is 38.4. The Bertz CT molecular complexity index is 985. The average molecular weight is 811 g/mol. The summed E-state index contributed by atoms with van der Waals surface area (Å²) in [6.45, 7) is 3.41. The van der Waals surface area contributed by atoms with Crippen LogP contribution in [-0.2, 0) is 28.5 Å². The van der Waals surface area contributed by atoms with E-state index >= 15 is 0 Å². The van der Waals surface area contributed by atoms with Gasteiger partial charge >= 0.3 is 11.9 Å². The zero-order valence-electron chi connectivity index (χ0n) is 36.3. The highest BCUT2D eigenvalue weighted by atomic mass is 16.7. The largest absolute Gasteiger partial charge is 0.462 e. The van der Waals surface area contributed by atoms with Gasteiger partial charge in [0.1, 0.15) is 31.0 Å². The Morgan fingerprint density at radius 3 is 1.37 bits per heavy atom. The van der Waals surface area contributed by atoms with E-state index in [4.69, 9.17) is 18.9 Å². The number of hydrogen-bond donors (Lipinski definition) is 4. The highest BCUT2D eigenvalue weighted by molar-refractivity contribution is 5.70. The molecular formula is C47H86O10. The van der Waals surface area contributed by atoms with E-state index in [1.165, 1.54) is 122 Å². The summed E-state index contributed by atoms with van der Waals surface area (Å²) < 4.78 is 22.2. The molecule has 57 heavy (non-hydrogen) atoms. The van der Waals surface area contributed by atoms with Gasteiger partial charge in [-0.15, -0.1) is 0 Å². The van der Waals surface area contributed by atoms with E-state index in [2.05, 4.69) is 38.2 Å². The molecular weight excluding hydrogens is 725 g/mol. The maximum Gasteiger partial charge on any atom is 0.306 e. The van der Waals surface area contributed by atoms with Crippen LogP contribution in [0.4, 0.5) is 0 Å². The predicted octanol–water partition coefficient (Wildman–Crippen LogP) is 10.1. The number of carbonyl (C=O) groups is 2. The van der Waals surface area contributed by atoms with Crippen LogP contribution in [0.3, 0.4) is 0 Å². The number of ether oxygens (including phenoxy) is 4. The van der Waals surface area contributed by atoms with Gasteiger partial charge in [0.25, 0.3) is 0 Å². The fraction of sp³-hybridized carbons (Fsp3) is 0.872. The van der Waals surface area contributed by atoms with E-state index in [9.17, 15) is 30.0 Å². The molecule has 0 saturated carbocycles. The molecule has 0 amide bonds. The molecule has 0 aromatic heterocycles. The van der Waals surface area contributed by atoms with Crippen LogP contribution in [0.1, 0.15) is 206 Å². The number of aliphatic hydroxyl groups is 4. The van der Waals surface area contributed by atoms with Gasteiger partial charge in [-0.2, -0.15) is 0 Å². The van der Waals surface area contributed by atoms with E-state index < -0.39 is 49.4 Å². The minimum atomic E-state index is -1.59. The molecule has 10 heteroatoms. The molecule has 2 unspecified atom stereocenters. The highest BCUT2D eigenvalue weighted by Gasteiger charge is 2.44. The number of aliphatic hydroxyl groups excluding tert-OH is 4. The van der Waals surface area contributed by atoms with Crippen molar-refractivity contribution in [3.05, 3.63) is 24.3 Å². The van der Waals surface area contributed by atoms with Gasteiger partial charge in [0.05, 0.1) is 13.2 Å². The number of unbranched alkanes of at least 4 members (excludes halogenated alkanes) is 24. The molecule has 10 nitrogen and oxygen atoms in total. The monoisotopic (exact) mass is 811 g/mol. The molecule has 0 aromatic carbocycles. The maximum absolute atomic E-state index is 12.8. The molecule has 1 aliphatic heterocycles. The van der Waals surface area contributed by atoms with Crippen molar-refractivity contribution in [2.24, 2.45) is 0 Å². The van der Waals surface area contributed by atoms with Crippen LogP contribution in [0.15, 0.2) is 24.3 Å². The number of rotatable bonds is 39. The molecule has 0 aliphatic carbocycles. The van der Waals surface area contributed by atoms with E-state index in [1.807, 2.05) is 0 Å². The molecule has 1 aliphatic rings. The first-order valence-electron chi connectivity index (χ1n) is 23.4. The first kappa shape index (κ1) is 53.2. The third-order valence-electron chi connectivity index (χ3n) is 10.8. The SMILES string of the molecule is CCCCCC/C=C/CCCCCCCCCCCC(=O)OC[C@@H](CO[C@H]1O[C@@H](CO)[C@@H](O)C(O)C1O)OC(=O)CCCCCCCCC/C=C/CCCCCC. The fourth-order valence-electron chi connectivity index (χ4n) is 7.06. The van der Waals surface area contributed by atoms with Gasteiger partial charge in [0.2, 0.25) is 0 Å². The van der Waals surface area contributed by atoms with Crippen LogP contribution in [0, 0.1) is 0 Å². The summed E-state index contributed by atoms with van der Waals surface area (Å²) in [4.78, 5) is 25.3. The van der Waals surface area contributed by atoms with Gasteiger partial charge in [-0.3, -0.25) is 9.59 Å². The normalized spacial score (nSPS) is 20.4. The zero-order chi connectivity index (χ0) is 41.6. The molecule has 6 atom stereocenters. The van der Waals surface area contributed by atoms with Gasteiger partial charge in [0, 0.05) is 12.8 Å². The quantitative estimate of drug-likeness (QED) is 0.0268. The second-order valence-electron chi connectivity index (χ2n) is 16.2. The van der Waals surface area contributed by atoms with Gasteiger partial charge < -0.3 is 39.4 Å². The van der Waals surface area contributed by atoms with Crippen LogP contribution in [0.2, 0.25) is 0 Å². The highest BCUT2D eigenvalue weighted by Crippen LogP contribution is 2.23.